The monoisotopic (exact) mass is 168 g/mol. The molecule has 0 aromatic carbocycles. The Morgan fingerprint density at radius 3 is 1.83 bits per heavy atom. The minimum Gasteiger partial charge on any atom is -0.306 e. The van der Waals surface area contributed by atoms with Gasteiger partial charge in [-0.15, -0.1) is 0 Å². The van der Waals surface area contributed by atoms with Crippen LogP contribution in [0, 0.1) is 5.41 Å². The van der Waals surface area contributed by atoms with E-state index in [1.165, 1.54) is 45.4 Å². The van der Waals surface area contributed by atoms with Gasteiger partial charge in [-0.1, -0.05) is 0 Å². The maximum Gasteiger partial charge on any atom is 0.00364 e. The van der Waals surface area contributed by atoms with Gasteiger partial charge in [-0.05, 0) is 58.4 Å². The lowest BCUT2D eigenvalue weighted by atomic mass is 9.78. The van der Waals surface area contributed by atoms with E-state index in [1.54, 1.807) is 0 Å². The Morgan fingerprint density at radius 1 is 0.833 bits per heavy atom. The first kappa shape index (κ1) is 8.52. The second kappa shape index (κ2) is 3.00. The summed E-state index contributed by atoms with van der Waals surface area (Å²) in [5.41, 5.74) is 0.710. The average Bonchev–Trinajstić information content (AvgIpc) is 2.40. The summed E-state index contributed by atoms with van der Waals surface area (Å²) in [5, 5.41) is 0. The molecule has 12 heavy (non-hydrogen) atoms. The Balaban J connectivity index is 1.95. The first-order valence-electron chi connectivity index (χ1n) is 5.07. The van der Waals surface area contributed by atoms with Gasteiger partial charge in [0.25, 0.3) is 0 Å². The van der Waals surface area contributed by atoms with Crippen LogP contribution >= 0.6 is 0 Å². The molecule has 0 radical (unpaired) electrons. The molecule has 2 rings (SSSR count). The molecular formula is C10H20N2. The summed E-state index contributed by atoms with van der Waals surface area (Å²) in [6, 6.07) is 0. The molecule has 2 saturated heterocycles. The van der Waals surface area contributed by atoms with E-state index in [1.807, 2.05) is 0 Å². The van der Waals surface area contributed by atoms with Crippen LogP contribution in [0.3, 0.4) is 0 Å². The van der Waals surface area contributed by atoms with Crippen LogP contribution in [-0.4, -0.2) is 50.1 Å². The Bertz CT molecular complexity index is 159. The normalized spacial score (nSPS) is 31.5. The van der Waals surface area contributed by atoms with Crippen molar-refractivity contribution in [3.8, 4) is 0 Å². The molecule has 2 nitrogen and oxygen atoms in total. The standard InChI is InChI=1S/C10H20N2/c1-11-6-3-10(4-7-11)5-8-12(2)9-10/h3-9H2,1-2H3. The van der Waals surface area contributed by atoms with E-state index in [0.717, 1.165) is 0 Å². The topological polar surface area (TPSA) is 6.48 Å². The van der Waals surface area contributed by atoms with Gasteiger partial charge in [-0.3, -0.25) is 0 Å². The fourth-order valence-corrected chi connectivity index (χ4v) is 2.66. The molecule has 2 aliphatic rings. The summed E-state index contributed by atoms with van der Waals surface area (Å²) in [6.45, 7) is 5.30. The highest BCUT2D eigenvalue weighted by molar-refractivity contribution is 4.92. The molecular weight excluding hydrogens is 148 g/mol. The average molecular weight is 168 g/mol. The number of likely N-dealkylation sites (tertiary alicyclic amines) is 2. The number of piperidine rings is 1. The molecule has 1 spiro atoms. The van der Waals surface area contributed by atoms with Gasteiger partial charge in [0.1, 0.15) is 0 Å². The van der Waals surface area contributed by atoms with Crippen LogP contribution in [0.2, 0.25) is 0 Å². The molecule has 0 unspecified atom stereocenters. The fourth-order valence-electron chi connectivity index (χ4n) is 2.66. The van der Waals surface area contributed by atoms with E-state index in [9.17, 15) is 0 Å². The van der Waals surface area contributed by atoms with Gasteiger partial charge >= 0.3 is 0 Å². The highest BCUT2D eigenvalue weighted by atomic mass is 15.2. The Kier molecular flexibility index (Phi) is 2.13. The van der Waals surface area contributed by atoms with Crippen LogP contribution in [0.1, 0.15) is 19.3 Å². The van der Waals surface area contributed by atoms with E-state index in [4.69, 9.17) is 0 Å². The van der Waals surface area contributed by atoms with Gasteiger partial charge in [-0.25, -0.2) is 0 Å². The molecule has 0 aromatic rings. The van der Waals surface area contributed by atoms with E-state index < -0.39 is 0 Å². The van der Waals surface area contributed by atoms with Crippen molar-refractivity contribution in [3.05, 3.63) is 0 Å². The third-order valence-electron chi connectivity index (χ3n) is 3.68. The lowest BCUT2D eigenvalue weighted by Gasteiger charge is -2.37. The first-order valence-corrected chi connectivity index (χ1v) is 5.07. The van der Waals surface area contributed by atoms with Crippen molar-refractivity contribution in [2.75, 3.05) is 40.3 Å². The third-order valence-corrected chi connectivity index (χ3v) is 3.68. The second-order valence-electron chi connectivity index (χ2n) is 4.79. The largest absolute Gasteiger partial charge is 0.306 e. The van der Waals surface area contributed by atoms with Gasteiger partial charge in [0, 0.05) is 6.54 Å². The van der Waals surface area contributed by atoms with Crippen LogP contribution < -0.4 is 0 Å². The lowest BCUT2D eigenvalue weighted by Crippen LogP contribution is -2.39. The lowest BCUT2D eigenvalue weighted by molar-refractivity contribution is 0.130. The van der Waals surface area contributed by atoms with Crippen LogP contribution in [0.5, 0.6) is 0 Å². The number of rotatable bonds is 0. The summed E-state index contributed by atoms with van der Waals surface area (Å²) in [7, 11) is 4.50. The molecule has 0 atom stereocenters. The smallest absolute Gasteiger partial charge is 0.00364 e. The van der Waals surface area contributed by atoms with Crippen molar-refractivity contribution >= 4 is 0 Å². The molecule has 2 fully saturated rings. The van der Waals surface area contributed by atoms with Crippen molar-refractivity contribution < 1.29 is 0 Å². The van der Waals surface area contributed by atoms with E-state index >= 15 is 0 Å². The van der Waals surface area contributed by atoms with E-state index in [-0.39, 0.29) is 0 Å². The molecule has 2 aliphatic heterocycles. The summed E-state index contributed by atoms with van der Waals surface area (Å²) < 4.78 is 0. The Labute approximate surface area is 75.5 Å². The van der Waals surface area contributed by atoms with Crippen LogP contribution in [0.25, 0.3) is 0 Å². The van der Waals surface area contributed by atoms with Crippen molar-refractivity contribution in [1.29, 1.82) is 0 Å². The van der Waals surface area contributed by atoms with Gasteiger partial charge in [0.2, 0.25) is 0 Å². The Morgan fingerprint density at radius 2 is 1.33 bits per heavy atom. The van der Waals surface area contributed by atoms with Crippen molar-refractivity contribution in [3.63, 3.8) is 0 Å². The fraction of sp³-hybridized carbons (Fsp3) is 1.00. The quantitative estimate of drug-likeness (QED) is 0.533. The van der Waals surface area contributed by atoms with Crippen LogP contribution in [-0.2, 0) is 0 Å². The first-order chi connectivity index (χ1) is 5.70. The van der Waals surface area contributed by atoms with Crippen molar-refractivity contribution in [2.45, 2.75) is 19.3 Å². The third kappa shape index (κ3) is 1.50. The van der Waals surface area contributed by atoms with Gasteiger partial charge in [0.05, 0.1) is 0 Å². The maximum atomic E-state index is 2.49. The zero-order valence-electron chi connectivity index (χ0n) is 8.34. The van der Waals surface area contributed by atoms with Crippen molar-refractivity contribution in [1.82, 2.24) is 9.80 Å². The Hall–Kier alpha value is -0.0800. The van der Waals surface area contributed by atoms with Crippen LogP contribution in [0.15, 0.2) is 0 Å². The highest BCUT2D eigenvalue weighted by Crippen LogP contribution is 2.39. The number of hydrogen-bond acceptors (Lipinski definition) is 2. The predicted octanol–water partition coefficient (Wildman–Crippen LogP) is 1.03. The van der Waals surface area contributed by atoms with Crippen molar-refractivity contribution in [2.24, 2.45) is 5.41 Å². The number of nitrogens with zero attached hydrogens (tertiary/aromatic N) is 2. The second-order valence-corrected chi connectivity index (χ2v) is 4.79. The summed E-state index contributed by atoms with van der Waals surface area (Å²) in [4.78, 5) is 4.95. The molecule has 0 bridgehead atoms. The molecule has 70 valence electrons. The molecule has 0 amide bonds. The molecule has 2 heteroatoms. The molecule has 0 saturated carbocycles. The molecule has 0 aromatic heterocycles. The SMILES string of the molecule is CN1CCC2(CC1)CCN(C)C2. The molecule has 2 heterocycles. The zero-order chi connectivity index (χ0) is 8.60. The maximum absolute atomic E-state index is 2.49. The van der Waals surface area contributed by atoms with E-state index in [0.29, 0.717) is 5.41 Å². The minimum absolute atomic E-state index is 0.710. The summed E-state index contributed by atoms with van der Waals surface area (Å²) >= 11 is 0. The summed E-state index contributed by atoms with van der Waals surface area (Å²) in [6.07, 6.45) is 4.29. The van der Waals surface area contributed by atoms with Crippen LogP contribution in [0.4, 0.5) is 0 Å². The highest BCUT2D eigenvalue weighted by Gasteiger charge is 2.38. The molecule has 0 N–H and O–H groups in total. The van der Waals surface area contributed by atoms with Gasteiger partial charge in [0.15, 0.2) is 0 Å². The predicted molar refractivity (Wildman–Crippen MR) is 51.3 cm³/mol. The zero-order valence-corrected chi connectivity index (χ0v) is 8.34. The van der Waals surface area contributed by atoms with Gasteiger partial charge in [-0.2, -0.15) is 0 Å². The van der Waals surface area contributed by atoms with E-state index in [2.05, 4.69) is 23.9 Å². The minimum atomic E-state index is 0.710. The summed E-state index contributed by atoms with van der Waals surface area (Å²) in [5.74, 6) is 0. The van der Waals surface area contributed by atoms with Gasteiger partial charge < -0.3 is 9.80 Å². The molecule has 0 aliphatic carbocycles. The number of hydrogen-bond donors (Lipinski definition) is 0.